The van der Waals surface area contributed by atoms with Crippen LogP contribution >= 0.6 is 0 Å². The Bertz CT molecular complexity index is 682. The molecule has 1 atom stereocenters. The molecule has 1 aromatic carbocycles. The lowest BCUT2D eigenvalue weighted by Gasteiger charge is -2.45. The quantitative estimate of drug-likeness (QED) is 0.862. The van der Waals surface area contributed by atoms with E-state index >= 15 is 0 Å². The number of nitrogens with one attached hydrogen (secondary N) is 2. The highest BCUT2D eigenvalue weighted by Gasteiger charge is 2.46. The summed E-state index contributed by atoms with van der Waals surface area (Å²) in [6.07, 6.45) is 3.36. The van der Waals surface area contributed by atoms with Gasteiger partial charge in [0.2, 0.25) is 11.8 Å². The maximum atomic E-state index is 12.9. The number of carbonyl (C=O) groups is 2. The molecule has 3 aliphatic heterocycles. The summed E-state index contributed by atoms with van der Waals surface area (Å²) in [7, 11) is 0. The van der Waals surface area contributed by atoms with Crippen molar-refractivity contribution in [3.05, 3.63) is 24.3 Å². The van der Waals surface area contributed by atoms with Crippen LogP contribution in [0.15, 0.2) is 24.3 Å². The number of anilines is 2. The molecule has 3 aliphatic rings. The average Bonchev–Trinajstić information content (AvgIpc) is 3.11. The molecule has 2 amide bonds. The molecule has 0 saturated carbocycles. The van der Waals surface area contributed by atoms with E-state index in [2.05, 4.69) is 22.5 Å². The zero-order valence-corrected chi connectivity index (χ0v) is 14.8. The molecule has 0 radical (unpaired) electrons. The number of hydrogen-bond donors (Lipinski definition) is 2. The minimum atomic E-state index is -0.592. The lowest BCUT2D eigenvalue weighted by atomic mass is 9.84. The van der Waals surface area contributed by atoms with E-state index in [4.69, 9.17) is 0 Å². The van der Waals surface area contributed by atoms with Crippen LogP contribution < -0.4 is 10.6 Å². The Morgan fingerprint density at radius 3 is 2.64 bits per heavy atom. The Kier molecular flexibility index (Phi) is 4.15. The molecule has 0 aliphatic carbocycles. The van der Waals surface area contributed by atoms with Gasteiger partial charge in [-0.3, -0.25) is 14.5 Å². The summed E-state index contributed by atoms with van der Waals surface area (Å²) in [6.45, 7) is 5.33. The molecule has 6 nitrogen and oxygen atoms in total. The van der Waals surface area contributed by atoms with Gasteiger partial charge in [0.25, 0.3) is 0 Å². The van der Waals surface area contributed by atoms with Gasteiger partial charge in [-0.2, -0.15) is 0 Å². The second kappa shape index (κ2) is 6.33. The Morgan fingerprint density at radius 1 is 1.20 bits per heavy atom. The highest BCUT2D eigenvalue weighted by atomic mass is 16.2. The van der Waals surface area contributed by atoms with Crippen molar-refractivity contribution in [1.29, 1.82) is 0 Å². The summed E-state index contributed by atoms with van der Waals surface area (Å²) in [5, 5.41) is 6.47. The van der Waals surface area contributed by atoms with E-state index in [0.29, 0.717) is 25.9 Å². The molecule has 1 aromatic rings. The molecule has 2 fully saturated rings. The number of carbonyl (C=O) groups excluding carboxylic acids is 2. The molecular weight excluding hydrogens is 316 g/mol. The van der Waals surface area contributed by atoms with Crippen molar-refractivity contribution in [3.8, 4) is 0 Å². The van der Waals surface area contributed by atoms with E-state index in [0.717, 1.165) is 37.3 Å². The van der Waals surface area contributed by atoms with Crippen molar-refractivity contribution >= 4 is 23.2 Å². The van der Waals surface area contributed by atoms with Crippen LogP contribution in [0.3, 0.4) is 0 Å². The number of likely N-dealkylation sites (tertiary alicyclic amines) is 2. The number of para-hydroxylation sites is 2. The second-order valence-electron chi connectivity index (χ2n) is 7.32. The van der Waals surface area contributed by atoms with E-state index in [1.807, 2.05) is 29.2 Å². The standard InChI is InChI=1S/C19H26N4O2/c1-2-22-11-5-8-16(22)17(24)23-12-9-19(10-13-23)18(25)20-14-6-3-4-7-15(14)21-19/h3-4,6-7,16,21H,2,5,8-13H2,1H3,(H,20,25). The van der Waals surface area contributed by atoms with E-state index < -0.39 is 5.54 Å². The smallest absolute Gasteiger partial charge is 0.250 e. The van der Waals surface area contributed by atoms with Crippen LogP contribution in [0.2, 0.25) is 0 Å². The topological polar surface area (TPSA) is 64.7 Å². The van der Waals surface area contributed by atoms with E-state index in [-0.39, 0.29) is 17.9 Å². The van der Waals surface area contributed by atoms with Gasteiger partial charge in [-0.15, -0.1) is 0 Å². The van der Waals surface area contributed by atoms with Crippen LogP contribution in [0.4, 0.5) is 11.4 Å². The predicted octanol–water partition coefficient (Wildman–Crippen LogP) is 1.90. The van der Waals surface area contributed by atoms with E-state index in [1.54, 1.807) is 0 Å². The third-order valence-electron chi connectivity index (χ3n) is 5.97. The number of amides is 2. The van der Waals surface area contributed by atoms with Crippen LogP contribution in [0, 0.1) is 0 Å². The van der Waals surface area contributed by atoms with Gasteiger partial charge in [-0.25, -0.2) is 0 Å². The third kappa shape index (κ3) is 2.78. The van der Waals surface area contributed by atoms with Gasteiger partial charge in [-0.1, -0.05) is 19.1 Å². The van der Waals surface area contributed by atoms with Crippen LogP contribution in [-0.2, 0) is 9.59 Å². The molecule has 1 unspecified atom stereocenters. The first kappa shape index (κ1) is 16.4. The van der Waals surface area contributed by atoms with Gasteiger partial charge in [-0.05, 0) is 50.9 Å². The summed E-state index contributed by atoms with van der Waals surface area (Å²) < 4.78 is 0. The van der Waals surface area contributed by atoms with E-state index in [9.17, 15) is 9.59 Å². The fourth-order valence-electron chi connectivity index (χ4n) is 4.41. The number of nitrogens with zero attached hydrogens (tertiary/aromatic N) is 2. The normalized spacial score (nSPS) is 25.4. The summed E-state index contributed by atoms with van der Waals surface area (Å²) in [5.41, 5.74) is 1.21. The van der Waals surface area contributed by atoms with Gasteiger partial charge in [0, 0.05) is 13.1 Å². The molecule has 0 bridgehead atoms. The molecule has 2 N–H and O–H groups in total. The van der Waals surface area contributed by atoms with Crippen LogP contribution in [0.1, 0.15) is 32.6 Å². The molecule has 3 heterocycles. The van der Waals surface area contributed by atoms with Gasteiger partial charge in [0.05, 0.1) is 17.4 Å². The Balaban J connectivity index is 1.45. The first-order valence-corrected chi connectivity index (χ1v) is 9.34. The summed E-state index contributed by atoms with van der Waals surface area (Å²) in [5.74, 6) is 0.264. The number of fused-ring (bicyclic) bond motifs is 1. The minimum Gasteiger partial charge on any atom is -0.369 e. The second-order valence-corrected chi connectivity index (χ2v) is 7.32. The van der Waals surface area contributed by atoms with Gasteiger partial charge >= 0.3 is 0 Å². The molecule has 6 heteroatoms. The predicted molar refractivity (Wildman–Crippen MR) is 97.5 cm³/mol. The molecule has 0 aromatic heterocycles. The van der Waals surface area contributed by atoms with Crippen molar-refractivity contribution in [2.45, 2.75) is 44.2 Å². The highest BCUT2D eigenvalue weighted by Crippen LogP contribution is 2.36. The van der Waals surface area contributed by atoms with Crippen LogP contribution in [0.5, 0.6) is 0 Å². The number of rotatable bonds is 2. The lowest BCUT2D eigenvalue weighted by Crippen LogP contribution is -2.60. The third-order valence-corrected chi connectivity index (χ3v) is 5.97. The fraction of sp³-hybridized carbons (Fsp3) is 0.579. The number of likely N-dealkylation sites (N-methyl/N-ethyl adjacent to an activating group) is 1. The maximum Gasteiger partial charge on any atom is 0.250 e. The van der Waals surface area contributed by atoms with Gasteiger partial charge in [0.1, 0.15) is 5.54 Å². The fourth-order valence-corrected chi connectivity index (χ4v) is 4.41. The van der Waals surface area contributed by atoms with Crippen molar-refractivity contribution < 1.29 is 9.59 Å². The summed E-state index contributed by atoms with van der Waals surface area (Å²) in [4.78, 5) is 29.8. The molecule has 2 saturated heterocycles. The molecule has 25 heavy (non-hydrogen) atoms. The Morgan fingerprint density at radius 2 is 1.92 bits per heavy atom. The summed E-state index contributed by atoms with van der Waals surface area (Å²) in [6, 6.07) is 7.82. The average molecular weight is 342 g/mol. The van der Waals surface area contributed by atoms with Crippen molar-refractivity contribution in [2.75, 3.05) is 36.8 Å². The van der Waals surface area contributed by atoms with Crippen molar-refractivity contribution in [3.63, 3.8) is 0 Å². The first-order valence-electron chi connectivity index (χ1n) is 9.34. The Hall–Kier alpha value is -2.08. The minimum absolute atomic E-state index is 0.0225. The zero-order valence-electron chi connectivity index (χ0n) is 14.8. The molecule has 134 valence electrons. The SMILES string of the molecule is CCN1CCCC1C(=O)N1CCC2(CC1)Nc1ccccc1NC2=O. The largest absolute Gasteiger partial charge is 0.369 e. The van der Waals surface area contributed by atoms with Gasteiger partial charge < -0.3 is 15.5 Å². The number of piperidine rings is 1. The number of hydrogen-bond acceptors (Lipinski definition) is 4. The summed E-state index contributed by atoms with van der Waals surface area (Å²) >= 11 is 0. The van der Waals surface area contributed by atoms with Crippen molar-refractivity contribution in [2.24, 2.45) is 0 Å². The lowest BCUT2D eigenvalue weighted by molar-refractivity contribution is -0.139. The van der Waals surface area contributed by atoms with Crippen LogP contribution in [-0.4, -0.2) is 59.4 Å². The van der Waals surface area contributed by atoms with Crippen molar-refractivity contribution in [1.82, 2.24) is 9.80 Å². The molecular formula is C19H26N4O2. The van der Waals surface area contributed by atoms with Crippen LogP contribution in [0.25, 0.3) is 0 Å². The molecule has 1 spiro atoms. The monoisotopic (exact) mass is 342 g/mol. The van der Waals surface area contributed by atoms with Gasteiger partial charge in [0.15, 0.2) is 0 Å². The first-order chi connectivity index (χ1) is 12.1. The zero-order chi connectivity index (χ0) is 17.4. The van der Waals surface area contributed by atoms with E-state index in [1.165, 1.54) is 0 Å². The Labute approximate surface area is 148 Å². The molecule has 4 rings (SSSR count). The maximum absolute atomic E-state index is 12.9. The number of benzene rings is 1. The highest BCUT2D eigenvalue weighted by molar-refractivity contribution is 6.06.